The average molecular weight is 296 g/mol. The highest BCUT2D eigenvalue weighted by Gasteiger charge is 2.20. The van der Waals surface area contributed by atoms with E-state index >= 15 is 0 Å². The Morgan fingerprint density at radius 2 is 2.10 bits per heavy atom. The normalized spacial score (nSPS) is 17.4. The van der Waals surface area contributed by atoms with E-state index in [0.717, 1.165) is 13.0 Å². The Morgan fingerprint density at radius 1 is 1.30 bits per heavy atom. The second-order valence-corrected chi connectivity index (χ2v) is 7.53. The highest BCUT2D eigenvalue weighted by Crippen LogP contribution is 2.30. The molecule has 2 atom stereocenters. The first-order valence-corrected chi connectivity index (χ1v) is 8.74. The van der Waals surface area contributed by atoms with E-state index in [1.807, 2.05) is 11.3 Å². The van der Waals surface area contributed by atoms with Crippen LogP contribution in [0.2, 0.25) is 0 Å². The van der Waals surface area contributed by atoms with Gasteiger partial charge in [-0.1, -0.05) is 13.8 Å². The molecule has 0 saturated carbocycles. The highest BCUT2D eigenvalue weighted by molar-refractivity contribution is 7.11. The van der Waals surface area contributed by atoms with Crippen LogP contribution in [0.25, 0.3) is 0 Å². The molecular formula is C16H28N2OS. The van der Waals surface area contributed by atoms with Crippen LogP contribution in [0.4, 0.5) is 0 Å². The zero-order valence-electron chi connectivity index (χ0n) is 13.0. The predicted octanol–water partition coefficient (Wildman–Crippen LogP) is 3.33. The summed E-state index contributed by atoms with van der Waals surface area (Å²) in [6, 6.07) is 0.332. The maximum Gasteiger partial charge on any atom is 0.110 e. The van der Waals surface area contributed by atoms with E-state index in [2.05, 4.69) is 26.1 Å². The van der Waals surface area contributed by atoms with Gasteiger partial charge in [-0.05, 0) is 57.4 Å². The molecule has 1 aromatic rings. The van der Waals surface area contributed by atoms with E-state index in [0.29, 0.717) is 24.5 Å². The topological polar surface area (TPSA) is 45.1 Å². The number of hydrogen-bond donors (Lipinski definition) is 2. The monoisotopic (exact) mass is 296 g/mol. The molecule has 0 fully saturated rings. The van der Waals surface area contributed by atoms with Crippen molar-refractivity contribution >= 4 is 11.3 Å². The van der Waals surface area contributed by atoms with Gasteiger partial charge in [0.05, 0.1) is 11.7 Å². The molecule has 2 rings (SSSR count). The molecule has 0 radical (unpaired) electrons. The fourth-order valence-corrected chi connectivity index (χ4v) is 4.16. The Balaban J connectivity index is 1.84. The molecule has 2 N–H and O–H groups in total. The van der Waals surface area contributed by atoms with Gasteiger partial charge in [0.2, 0.25) is 0 Å². The number of aliphatic hydroxyl groups is 1. The summed E-state index contributed by atoms with van der Waals surface area (Å²) < 4.78 is 0. The van der Waals surface area contributed by atoms with Crippen LogP contribution in [-0.2, 0) is 12.8 Å². The predicted molar refractivity (Wildman–Crippen MR) is 85.2 cm³/mol. The van der Waals surface area contributed by atoms with Gasteiger partial charge in [0.1, 0.15) is 5.01 Å². The van der Waals surface area contributed by atoms with Gasteiger partial charge >= 0.3 is 0 Å². The third-order valence-electron chi connectivity index (χ3n) is 4.04. The fraction of sp³-hybridized carbons (Fsp3) is 0.812. The van der Waals surface area contributed by atoms with Gasteiger partial charge in [-0.25, -0.2) is 4.98 Å². The van der Waals surface area contributed by atoms with Crippen molar-refractivity contribution in [2.24, 2.45) is 11.8 Å². The number of aryl methyl sites for hydroxylation is 2. The van der Waals surface area contributed by atoms with Gasteiger partial charge in [-0.2, -0.15) is 0 Å². The van der Waals surface area contributed by atoms with Gasteiger partial charge in [-0.3, -0.25) is 0 Å². The second-order valence-electron chi connectivity index (χ2n) is 6.41. The van der Waals surface area contributed by atoms with E-state index in [9.17, 15) is 5.11 Å². The first-order valence-electron chi connectivity index (χ1n) is 7.92. The molecule has 0 saturated heterocycles. The number of nitrogens with zero attached hydrogens (tertiary/aromatic N) is 1. The van der Waals surface area contributed by atoms with Crippen molar-refractivity contribution in [2.45, 2.75) is 58.9 Å². The quantitative estimate of drug-likeness (QED) is 0.773. The Morgan fingerprint density at radius 3 is 2.75 bits per heavy atom. The van der Waals surface area contributed by atoms with Crippen LogP contribution in [0.3, 0.4) is 0 Å². The summed E-state index contributed by atoms with van der Waals surface area (Å²) in [7, 11) is 0. The summed E-state index contributed by atoms with van der Waals surface area (Å²) in [6.45, 7) is 7.97. The van der Waals surface area contributed by atoms with Crippen LogP contribution in [0.5, 0.6) is 0 Å². The smallest absolute Gasteiger partial charge is 0.110 e. The second kappa shape index (κ2) is 7.53. The molecule has 0 amide bonds. The molecule has 1 aliphatic carbocycles. The van der Waals surface area contributed by atoms with Crippen molar-refractivity contribution in [3.63, 3.8) is 0 Å². The summed E-state index contributed by atoms with van der Waals surface area (Å²) in [5.74, 6) is 1.25. The molecule has 2 unspecified atom stereocenters. The number of rotatable bonds is 8. The standard InChI is InChI=1S/C16H28N2OS/c1-11(2)9-13(7-8-19)10-17-12(3)16-18-14-5-4-6-15(14)20-16/h11-13,17,19H,4-10H2,1-3H3. The lowest BCUT2D eigenvalue weighted by Crippen LogP contribution is -2.27. The molecule has 4 heteroatoms. The van der Waals surface area contributed by atoms with Crippen LogP contribution < -0.4 is 5.32 Å². The summed E-state index contributed by atoms with van der Waals surface area (Å²) in [5, 5.41) is 14.0. The number of thiazole rings is 1. The SMILES string of the molecule is CC(C)CC(CCO)CNC(C)c1nc2c(s1)CCC2. The van der Waals surface area contributed by atoms with E-state index in [1.54, 1.807) is 0 Å². The number of aliphatic hydroxyl groups excluding tert-OH is 1. The summed E-state index contributed by atoms with van der Waals surface area (Å²) in [5.41, 5.74) is 1.34. The third-order valence-corrected chi connectivity index (χ3v) is 5.38. The van der Waals surface area contributed by atoms with Gasteiger partial charge in [0.15, 0.2) is 0 Å². The van der Waals surface area contributed by atoms with Crippen molar-refractivity contribution in [2.75, 3.05) is 13.2 Å². The van der Waals surface area contributed by atoms with Crippen LogP contribution in [0, 0.1) is 11.8 Å². The molecule has 0 bridgehead atoms. The van der Waals surface area contributed by atoms with E-state index in [1.165, 1.54) is 41.3 Å². The largest absolute Gasteiger partial charge is 0.396 e. The highest BCUT2D eigenvalue weighted by atomic mass is 32.1. The van der Waals surface area contributed by atoms with Crippen LogP contribution in [-0.4, -0.2) is 23.2 Å². The Labute approximate surface area is 126 Å². The molecule has 1 aromatic heterocycles. The van der Waals surface area contributed by atoms with Gasteiger partial charge in [-0.15, -0.1) is 11.3 Å². The first kappa shape index (κ1) is 15.9. The lowest BCUT2D eigenvalue weighted by Gasteiger charge is -2.21. The molecule has 20 heavy (non-hydrogen) atoms. The average Bonchev–Trinajstić information content (AvgIpc) is 2.95. The van der Waals surface area contributed by atoms with Crippen molar-refractivity contribution in [3.8, 4) is 0 Å². The zero-order valence-corrected chi connectivity index (χ0v) is 13.8. The molecular weight excluding hydrogens is 268 g/mol. The van der Waals surface area contributed by atoms with Crippen molar-refractivity contribution < 1.29 is 5.11 Å². The summed E-state index contributed by atoms with van der Waals surface area (Å²) in [4.78, 5) is 6.28. The van der Waals surface area contributed by atoms with E-state index in [4.69, 9.17) is 4.98 Å². The van der Waals surface area contributed by atoms with Gasteiger partial charge < -0.3 is 10.4 Å². The lowest BCUT2D eigenvalue weighted by atomic mass is 9.94. The maximum atomic E-state index is 9.17. The molecule has 0 aromatic carbocycles. The van der Waals surface area contributed by atoms with Gasteiger partial charge in [0, 0.05) is 11.5 Å². The molecule has 0 aliphatic heterocycles. The molecule has 3 nitrogen and oxygen atoms in total. The van der Waals surface area contributed by atoms with Gasteiger partial charge in [0.25, 0.3) is 0 Å². The minimum atomic E-state index is 0.291. The minimum Gasteiger partial charge on any atom is -0.396 e. The van der Waals surface area contributed by atoms with Crippen LogP contribution >= 0.6 is 11.3 Å². The molecule has 114 valence electrons. The Bertz CT molecular complexity index is 395. The molecule has 1 aliphatic rings. The van der Waals surface area contributed by atoms with E-state index < -0.39 is 0 Å². The first-order chi connectivity index (χ1) is 9.60. The number of aromatic nitrogens is 1. The number of nitrogens with one attached hydrogen (secondary N) is 1. The number of fused-ring (bicyclic) bond motifs is 1. The minimum absolute atomic E-state index is 0.291. The lowest BCUT2D eigenvalue weighted by molar-refractivity contribution is 0.237. The molecule has 0 spiro atoms. The summed E-state index contributed by atoms with van der Waals surface area (Å²) in [6.07, 6.45) is 5.74. The molecule has 1 heterocycles. The van der Waals surface area contributed by atoms with E-state index in [-0.39, 0.29) is 0 Å². The van der Waals surface area contributed by atoms with Crippen LogP contribution in [0.1, 0.15) is 61.7 Å². The Hall–Kier alpha value is -0.450. The van der Waals surface area contributed by atoms with Crippen molar-refractivity contribution in [3.05, 3.63) is 15.6 Å². The van der Waals surface area contributed by atoms with Crippen molar-refractivity contribution in [1.82, 2.24) is 10.3 Å². The third kappa shape index (κ3) is 4.27. The Kier molecular flexibility index (Phi) is 6.00. The van der Waals surface area contributed by atoms with Crippen LogP contribution in [0.15, 0.2) is 0 Å². The fourth-order valence-electron chi connectivity index (χ4n) is 2.98. The maximum absolute atomic E-state index is 9.17. The van der Waals surface area contributed by atoms with Crippen molar-refractivity contribution in [1.29, 1.82) is 0 Å². The zero-order chi connectivity index (χ0) is 14.5. The number of hydrogen-bond acceptors (Lipinski definition) is 4. The summed E-state index contributed by atoms with van der Waals surface area (Å²) >= 11 is 1.89.